The van der Waals surface area contributed by atoms with Gasteiger partial charge in [0.15, 0.2) is 0 Å². The van der Waals surface area contributed by atoms with Crippen LogP contribution >= 0.6 is 0 Å². The molecule has 3 aromatic rings. The first-order valence-corrected chi connectivity index (χ1v) is 13.1. The minimum atomic E-state index is -3.51. The number of halogens is 1. The molecule has 0 amide bonds. The molecule has 1 fully saturated rings. The number of pyridine rings is 1. The number of ether oxygens (including phenoxy) is 1. The minimum Gasteiger partial charge on any atom is -0.492 e. The van der Waals surface area contributed by atoms with E-state index in [9.17, 15) is 12.8 Å². The number of rotatable bonds is 8. The van der Waals surface area contributed by atoms with Crippen LogP contribution in [0.15, 0.2) is 48.5 Å². The number of aryl methyl sites for hydroxylation is 1. The zero-order chi connectivity index (χ0) is 23.4. The summed E-state index contributed by atoms with van der Waals surface area (Å²) in [5.41, 5.74) is 2.91. The van der Waals surface area contributed by atoms with E-state index >= 15 is 0 Å². The molecule has 0 spiro atoms. The highest BCUT2D eigenvalue weighted by Crippen LogP contribution is 2.26. The fourth-order valence-corrected chi connectivity index (χ4v) is 4.92. The Hall–Kier alpha value is -2.71. The average molecular weight is 472 g/mol. The van der Waals surface area contributed by atoms with Gasteiger partial charge in [-0.2, -0.15) is 0 Å². The molecule has 33 heavy (non-hydrogen) atoms. The number of sulfonamides is 1. The molecule has 0 saturated carbocycles. The van der Waals surface area contributed by atoms with E-state index in [4.69, 9.17) is 4.74 Å². The van der Waals surface area contributed by atoms with Crippen molar-refractivity contribution in [3.8, 4) is 5.75 Å². The second-order valence-corrected chi connectivity index (χ2v) is 10.5. The van der Waals surface area contributed by atoms with E-state index in [-0.39, 0.29) is 5.69 Å². The summed E-state index contributed by atoms with van der Waals surface area (Å²) in [7, 11) is -3.51. The SMILES string of the molecule is Cc1ccc2c(OCCN3CCC(Cc4ccc(F)c(NS(C)(=O)=O)c4)CC3)cccc2n1. The fraction of sp³-hybridized carbons (Fsp3) is 0.400. The number of hydrogen-bond donors (Lipinski definition) is 1. The molecule has 0 atom stereocenters. The number of benzene rings is 2. The van der Waals surface area contributed by atoms with Crippen LogP contribution in [0.4, 0.5) is 10.1 Å². The number of likely N-dealkylation sites (tertiary alicyclic amines) is 1. The summed E-state index contributed by atoms with van der Waals surface area (Å²) in [5.74, 6) is 0.798. The van der Waals surface area contributed by atoms with Gasteiger partial charge < -0.3 is 4.74 Å². The second kappa shape index (κ2) is 10.1. The fourth-order valence-electron chi connectivity index (χ4n) is 4.36. The lowest BCUT2D eigenvalue weighted by atomic mass is 9.90. The van der Waals surface area contributed by atoms with Crippen molar-refractivity contribution in [2.75, 3.05) is 37.2 Å². The van der Waals surface area contributed by atoms with Crippen LogP contribution in [0.1, 0.15) is 24.1 Å². The Kier molecular flexibility index (Phi) is 7.14. The van der Waals surface area contributed by atoms with E-state index in [2.05, 4.69) is 20.7 Å². The maximum absolute atomic E-state index is 13.9. The maximum atomic E-state index is 13.9. The molecule has 0 radical (unpaired) electrons. The lowest BCUT2D eigenvalue weighted by molar-refractivity contribution is 0.155. The van der Waals surface area contributed by atoms with E-state index in [0.29, 0.717) is 12.5 Å². The van der Waals surface area contributed by atoms with Gasteiger partial charge in [0.25, 0.3) is 0 Å². The van der Waals surface area contributed by atoms with Crippen LogP contribution in [0.3, 0.4) is 0 Å². The predicted molar refractivity (Wildman–Crippen MR) is 130 cm³/mol. The van der Waals surface area contributed by atoms with Crippen molar-refractivity contribution in [2.45, 2.75) is 26.2 Å². The summed E-state index contributed by atoms with van der Waals surface area (Å²) in [6, 6.07) is 14.7. The van der Waals surface area contributed by atoms with Gasteiger partial charge in [0, 0.05) is 17.6 Å². The van der Waals surface area contributed by atoms with Gasteiger partial charge in [0.2, 0.25) is 10.0 Å². The van der Waals surface area contributed by atoms with E-state index < -0.39 is 15.8 Å². The maximum Gasteiger partial charge on any atom is 0.229 e. The van der Waals surface area contributed by atoms with Gasteiger partial charge in [-0.1, -0.05) is 12.1 Å². The lowest BCUT2D eigenvalue weighted by Crippen LogP contribution is -2.37. The first-order chi connectivity index (χ1) is 15.8. The van der Waals surface area contributed by atoms with E-state index in [1.54, 1.807) is 12.1 Å². The summed E-state index contributed by atoms with van der Waals surface area (Å²) < 4.78 is 45.2. The summed E-state index contributed by atoms with van der Waals surface area (Å²) in [6.45, 7) is 5.44. The molecule has 1 aliphatic rings. The van der Waals surface area contributed by atoms with Crippen molar-refractivity contribution >= 4 is 26.6 Å². The number of piperidine rings is 1. The number of aromatic nitrogens is 1. The number of hydrogen-bond acceptors (Lipinski definition) is 5. The molecular formula is C25H30FN3O3S. The van der Waals surface area contributed by atoms with Gasteiger partial charge in [-0.3, -0.25) is 14.6 Å². The van der Waals surface area contributed by atoms with Crippen LogP contribution < -0.4 is 9.46 Å². The van der Waals surface area contributed by atoms with Crippen LogP contribution in [0.2, 0.25) is 0 Å². The van der Waals surface area contributed by atoms with Gasteiger partial charge >= 0.3 is 0 Å². The number of nitrogens with one attached hydrogen (secondary N) is 1. The van der Waals surface area contributed by atoms with Crippen molar-refractivity contribution in [1.82, 2.24) is 9.88 Å². The normalized spacial score (nSPS) is 15.6. The molecule has 0 bridgehead atoms. The Labute approximate surface area is 194 Å². The zero-order valence-corrected chi connectivity index (χ0v) is 19.9. The number of anilines is 1. The predicted octanol–water partition coefficient (Wildman–Crippen LogP) is 4.39. The lowest BCUT2D eigenvalue weighted by Gasteiger charge is -2.32. The summed E-state index contributed by atoms with van der Waals surface area (Å²) in [6.07, 6.45) is 3.93. The first kappa shape index (κ1) is 23.4. The van der Waals surface area contributed by atoms with E-state index in [1.807, 2.05) is 31.2 Å². The quantitative estimate of drug-likeness (QED) is 0.528. The summed E-state index contributed by atoms with van der Waals surface area (Å²) in [4.78, 5) is 6.97. The number of nitrogens with zero attached hydrogens (tertiary/aromatic N) is 2. The third kappa shape index (κ3) is 6.42. The van der Waals surface area contributed by atoms with Gasteiger partial charge in [-0.25, -0.2) is 12.8 Å². The van der Waals surface area contributed by atoms with Crippen LogP contribution in [0, 0.1) is 18.7 Å². The van der Waals surface area contributed by atoms with Crippen LogP contribution in [0.5, 0.6) is 5.75 Å². The van der Waals surface area contributed by atoms with Crippen LogP contribution in [-0.4, -0.2) is 50.8 Å². The van der Waals surface area contributed by atoms with Crippen molar-refractivity contribution in [3.63, 3.8) is 0 Å². The standard InChI is InChI=1S/C25H30FN3O3S/c1-18-6-8-21-23(27-18)4-3-5-25(21)32-15-14-29-12-10-19(11-13-29)16-20-7-9-22(26)24(17-20)28-33(2,30)31/h3-9,17,19,28H,10-16H2,1-2H3. The molecule has 1 aliphatic heterocycles. The van der Waals surface area contributed by atoms with Gasteiger partial charge in [0.1, 0.15) is 18.2 Å². The Morgan fingerprint density at radius 1 is 1.15 bits per heavy atom. The Bertz CT molecular complexity index is 1220. The highest BCUT2D eigenvalue weighted by Gasteiger charge is 2.20. The Morgan fingerprint density at radius 3 is 2.70 bits per heavy atom. The Balaban J connectivity index is 1.26. The van der Waals surface area contributed by atoms with Crippen LogP contribution in [0.25, 0.3) is 10.9 Å². The number of fused-ring (bicyclic) bond motifs is 1. The van der Waals surface area contributed by atoms with Crippen molar-refractivity contribution < 1.29 is 17.5 Å². The van der Waals surface area contributed by atoms with Crippen molar-refractivity contribution in [2.24, 2.45) is 5.92 Å². The average Bonchev–Trinajstić information content (AvgIpc) is 2.76. The monoisotopic (exact) mass is 471 g/mol. The molecule has 176 valence electrons. The highest BCUT2D eigenvalue weighted by atomic mass is 32.2. The molecule has 2 heterocycles. The smallest absolute Gasteiger partial charge is 0.229 e. The molecule has 1 N–H and O–H groups in total. The van der Waals surface area contributed by atoms with Crippen LogP contribution in [-0.2, 0) is 16.4 Å². The summed E-state index contributed by atoms with van der Waals surface area (Å²) >= 11 is 0. The minimum absolute atomic E-state index is 0.0170. The molecule has 8 heteroatoms. The van der Waals surface area contributed by atoms with Gasteiger partial charge in [-0.15, -0.1) is 0 Å². The van der Waals surface area contributed by atoms with Crippen molar-refractivity contribution in [1.29, 1.82) is 0 Å². The Morgan fingerprint density at radius 2 is 1.94 bits per heavy atom. The van der Waals surface area contributed by atoms with Gasteiger partial charge in [0.05, 0.1) is 17.5 Å². The molecule has 0 unspecified atom stereocenters. The third-order valence-corrected chi connectivity index (χ3v) is 6.64. The van der Waals surface area contributed by atoms with E-state index in [0.717, 1.165) is 73.1 Å². The molecule has 0 aliphatic carbocycles. The summed E-state index contributed by atoms with van der Waals surface area (Å²) in [5, 5.41) is 1.03. The first-order valence-electron chi connectivity index (χ1n) is 11.2. The molecule has 4 rings (SSSR count). The third-order valence-electron chi connectivity index (χ3n) is 6.05. The van der Waals surface area contributed by atoms with Gasteiger partial charge in [-0.05, 0) is 87.2 Å². The molecule has 1 saturated heterocycles. The van der Waals surface area contributed by atoms with Crippen molar-refractivity contribution in [3.05, 3.63) is 65.6 Å². The second-order valence-electron chi connectivity index (χ2n) is 8.80. The largest absolute Gasteiger partial charge is 0.492 e. The molecular weight excluding hydrogens is 441 g/mol. The zero-order valence-electron chi connectivity index (χ0n) is 19.1. The topological polar surface area (TPSA) is 71.5 Å². The molecule has 2 aromatic carbocycles. The molecule has 6 nitrogen and oxygen atoms in total. The highest BCUT2D eigenvalue weighted by molar-refractivity contribution is 7.92. The molecule has 1 aromatic heterocycles. The van der Waals surface area contributed by atoms with E-state index in [1.165, 1.54) is 6.07 Å².